The Kier molecular flexibility index (Phi) is 10.3. The number of hydrogen-bond donors (Lipinski definition) is 3. The summed E-state index contributed by atoms with van der Waals surface area (Å²) in [6.45, 7) is 1.06. The topological polar surface area (TPSA) is 119 Å². The lowest BCUT2D eigenvalue weighted by Crippen LogP contribution is -2.55. The second-order valence-electron chi connectivity index (χ2n) is 16.9. The molecule has 4 heterocycles. The van der Waals surface area contributed by atoms with Crippen molar-refractivity contribution in [2.24, 2.45) is 5.92 Å². The van der Waals surface area contributed by atoms with Crippen LogP contribution in [-0.4, -0.2) is 62.5 Å². The molecule has 5 aliphatic rings. The lowest BCUT2D eigenvalue weighted by atomic mass is 9.65. The van der Waals surface area contributed by atoms with Gasteiger partial charge in [0.2, 0.25) is 11.8 Å². The number of amides is 2. The molecule has 6 atom stereocenters. The van der Waals surface area contributed by atoms with Gasteiger partial charge in [-0.05, 0) is 91.1 Å². The zero-order valence-corrected chi connectivity index (χ0v) is 32.8. The van der Waals surface area contributed by atoms with Gasteiger partial charge < -0.3 is 25.2 Å². The van der Waals surface area contributed by atoms with Gasteiger partial charge in [0, 0.05) is 24.3 Å². The molecule has 0 aromatic heterocycles. The van der Waals surface area contributed by atoms with Gasteiger partial charge in [0.15, 0.2) is 0 Å². The van der Waals surface area contributed by atoms with E-state index in [0.29, 0.717) is 48.3 Å². The third-order valence-electron chi connectivity index (χ3n) is 13.3. The van der Waals surface area contributed by atoms with Crippen molar-refractivity contribution in [1.29, 1.82) is 0 Å². The maximum absolute atomic E-state index is 15.7. The zero-order chi connectivity index (χ0) is 39.9. The molecule has 4 aromatic rings. The Bertz CT molecular complexity index is 2220. The number of nitrogens with zero attached hydrogens (tertiary/aromatic N) is 2. The normalized spacial score (nSPS) is 28.2. The number of nitrogens with one attached hydrogen (secondary N) is 1. The zero-order valence-electron chi connectivity index (χ0n) is 32.8. The van der Waals surface area contributed by atoms with Gasteiger partial charge in [-0.15, -0.1) is 0 Å². The summed E-state index contributed by atoms with van der Waals surface area (Å²) in [6, 6.07) is 29.3. The Morgan fingerprint density at radius 2 is 1.34 bits per heavy atom. The quantitative estimate of drug-likeness (QED) is 0.110. The summed E-state index contributed by atoms with van der Waals surface area (Å²) in [5.41, 5.74) is 1.39. The fourth-order valence-corrected chi connectivity index (χ4v) is 10.6. The molecule has 1 spiro atoms. The summed E-state index contributed by atoms with van der Waals surface area (Å²) in [6.07, 6.45) is 9.17. The van der Waals surface area contributed by atoms with E-state index in [4.69, 9.17) is 4.74 Å². The van der Waals surface area contributed by atoms with Crippen LogP contribution in [0.4, 0.5) is 5.69 Å². The first-order valence-electron chi connectivity index (χ1n) is 21.2. The second-order valence-corrected chi connectivity index (χ2v) is 16.9. The van der Waals surface area contributed by atoms with Crippen molar-refractivity contribution >= 4 is 23.5 Å². The molecule has 298 valence electrons. The maximum atomic E-state index is 15.7. The van der Waals surface area contributed by atoms with Crippen molar-refractivity contribution in [3.05, 3.63) is 131 Å². The van der Waals surface area contributed by atoms with Crippen LogP contribution in [0.5, 0.6) is 5.75 Å². The molecule has 9 nitrogen and oxygen atoms in total. The van der Waals surface area contributed by atoms with Crippen LogP contribution in [0.25, 0.3) is 0 Å². The van der Waals surface area contributed by atoms with Crippen LogP contribution in [0.3, 0.4) is 0 Å². The fourth-order valence-electron chi connectivity index (χ4n) is 10.6. The number of benzene rings is 4. The number of rotatable bonds is 4. The Balaban J connectivity index is 1.30. The summed E-state index contributed by atoms with van der Waals surface area (Å²) in [5.74, 6) is 4.21. The molecule has 0 bridgehead atoms. The molecular weight excluding hydrogens is 727 g/mol. The van der Waals surface area contributed by atoms with Crippen LogP contribution in [0, 0.1) is 17.8 Å². The van der Waals surface area contributed by atoms with Crippen molar-refractivity contribution < 1.29 is 29.3 Å². The molecule has 9 heteroatoms. The Morgan fingerprint density at radius 3 is 2.02 bits per heavy atom. The summed E-state index contributed by atoms with van der Waals surface area (Å²) in [5, 5.41) is 25.3. The molecule has 58 heavy (non-hydrogen) atoms. The highest BCUT2D eigenvalue weighted by atomic mass is 16.6. The Hall–Kier alpha value is -5.43. The Morgan fingerprint density at radius 1 is 0.724 bits per heavy atom. The number of phenols is 1. The molecule has 1 saturated carbocycles. The molecule has 9 rings (SSSR count). The molecule has 2 amide bonds. The van der Waals surface area contributed by atoms with Crippen molar-refractivity contribution in [2.75, 3.05) is 18.4 Å². The van der Waals surface area contributed by atoms with Crippen molar-refractivity contribution in [1.82, 2.24) is 9.80 Å². The first-order chi connectivity index (χ1) is 28.3. The van der Waals surface area contributed by atoms with Crippen LogP contribution < -0.4 is 5.32 Å². The van der Waals surface area contributed by atoms with Gasteiger partial charge in [-0.25, -0.2) is 0 Å². The average Bonchev–Trinajstić information content (AvgIpc) is 3.59. The van der Waals surface area contributed by atoms with Gasteiger partial charge in [-0.1, -0.05) is 117 Å². The lowest BCUT2D eigenvalue weighted by Gasteiger charge is -2.46. The number of fused-ring (bicyclic) bond motifs is 3. The summed E-state index contributed by atoms with van der Waals surface area (Å²) in [7, 11) is 0. The average molecular weight is 778 g/mol. The van der Waals surface area contributed by atoms with Gasteiger partial charge in [0.1, 0.15) is 28.9 Å². The first-order valence-corrected chi connectivity index (χ1v) is 21.2. The molecule has 4 aliphatic heterocycles. The number of phenolic OH excluding ortho intramolecular Hbond substituents is 1. The van der Waals surface area contributed by atoms with Crippen LogP contribution in [-0.2, 0) is 24.5 Å². The predicted octanol–water partition coefficient (Wildman–Crippen LogP) is 7.89. The standard InChI is InChI=1S/C49H51N3O6/c53-37-23-21-36(22-24-37)44-49(38-32-33(20-25-39(38)50-47(49)56)26-29-48(57)27-12-2-3-13-28-48)40(45(54)51-30-14-4-1-5-15-31-51)42-46(55)58-43(35-18-10-7-11-19-35)41(52(42)44)34-16-8-6-9-17-34/h6-11,16-25,32,40-44,53,57H,1-5,12-15,27-28,30-31H2,(H,50,56)/t40-,41-,42-,43+,44+,49-/m0/s1. The highest BCUT2D eigenvalue weighted by molar-refractivity contribution is 6.12. The van der Waals surface area contributed by atoms with E-state index in [1.54, 1.807) is 24.3 Å². The van der Waals surface area contributed by atoms with Crippen molar-refractivity contribution in [2.45, 2.75) is 106 Å². The smallest absolute Gasteiger partial charge is 0.324 e. The summed E-state index contributed by atoms with van der Waals surface area (Å²) in [4.78, 5) is 50.3. The van der Waals surface area contributed by atoms with Gasteiger partial charge >= 0.3 is 5.97 Å². The number of anilines is 1. The van der Waals surface area contributed by atoms with E-state index in [1.165, 1.54) is 0 Å². The van der Waals surface area contributed by atoms with Gasteiger partial charge in [-0.2, -0.15) is 0 Å². The number of cyclic esters (lactones) is 1. The molecule has 3 saturated heterocycles. The van der Waals surface area contributed by atoms with E-state index < -0.39 is 47.1 Å². The first kappa shape index (κ1) is 38.1. The SMILES string of the molecule is O=C1O[C@H](c2ccccc2)[C@H](c2ccccc2)N2[C@H]1[C@@H](C(=O)N1CCCCCCC1)[C@]1(C(=O)Nc3ccc(C#CC4(O)CCCCCC4)cc31)[C@H]2c1ccc(O)cc1. The second kappa shape index (κ2) is 15.7. The third-order valence-corrected chi connectivity index (χ3v) is 13.3. The summed E-state index contributed by atoms with van der Waals surface area (Å²) < 4.78 is 6.57. The van der Waals surface area contributed by atoms with Crippen molar-refractivity contribution in [3.8, 4) is 17.6 Å². The minimum Gasteiger partial charge on any atom is -0.508 e. The van der Waals surface area contributed by atoms with Crippen LogP contribution >= 0.6 is 0 Å². The fraction of sp³-hybridized carbons (Fsp3) is 0.408. The van der Waals surface area contributed by atoms with Gasteiger partial charge in [0.05, 0.1) is 18.0 Å². The number of likely N-dealkylation sites (tertiary alicyclic amines) is 1. The number of aliphatic hydroxyl groups is 1. The van der Waals surface area contributed by atoms with E-state index in [1.807, 2.05) is 83.8 Å². The van der Waals surface area contributed by atoms with Gasteiger partial charge in [-0.3, -0.25) is 19.3 Å². The molecule has 0 unspecified atom stereocenters. The molecule has 0 radical (unpaired) electrons. The number of carbonyl (C=O) groups excluding carboxylic acids is 3. The van der Waals surface area contributed by atoms with Gasteiger partial charge in [0.25, 0.3) is 0 Å². The van der Waals surface area contributed by atoms with E-state index >= 15 is 14.4 Å². The molecule has 3 N–H and O–H groups in total. The van der Waals surface area contributed by atoms with E-state index in [2.05, 4.69) is 22.1 Å². The number of aromatic hydroxyl groups is 1. The predicted molar refractivity (Wildman–Crippen MR) is 220 cm³/mol. The largest absolute Gasteiger partial charge is 0.508 e. The molecular formula is C49H51N3O6. The maximum Gasteiger partial charge on any atom is 0.324 e. The number of morpholine rings is 1. The highest BCUT2D eigenvalue weighted by Crippen LogP contribution is 2.65. The monoisotopic (exact) mass is 777 g/mol. The van der Waals surface area contributed by atoms with E-state index in [-0.39, 0.29) is 17.6 Å². The van der Waals surface area contributed by atoms with Crippen molar-refractivity contribution in [3.63, 3.8) is 0 Å². The minimum atomic E-state index is -1.62. The molecule has 4 aromatic carbocycles. The number of carbonyl (C=O) groups is 3. The van der Waals surface area contributed by atoms with E-state index in [9.17, 15) is 10.2 Å². The number of esters is 1. The summed E-state index contributed by atoms with van der Waals surface area (Å²) >= 11 is 0. The Labute approximate surface area is 340 Å². The van der Waals surface area contributed by atoms with Crippen LogP contribution in [0.15, 0.2) is 103 Å². The van der Waals surface area contributed by atoms with E-state index in [0.717, 1.165) is 68.9 Å². The van der Waals surface area contributed by atoms with Crippen LogP contribution in [0.2, 0.25) is 0 Å². The number of ether oxygens (including phenoxy) is 1. The lowest BCUT2D eigenvalue weighted by molar-refractivity contribution is -0.179. The highest BCUT2D eigenvalue weighted by Gasteiger charge is 2.74. The minimum absolute atomic E-state index is 0.0608. The molecule has 4 fully saturated rings. The van der Waals surface area contributed by atoms with Crippen LogP contribution in [0.1, 0.15) is 117 Å². The molecule has 1 aliphatic carbocycles. The third kappa shape index (κ3) is 6.66. The number of hydrogen-bond acceptors (Lipinski definition) is 7.